The maximum absolute atomic E-state index is 14.5. The first-order valence-electron chi connectivity index (χ1n) is 10.4. The topological polar surface area (TPSA) is 66.1 Å². The van der Waals surface area contributed by atoms with Crippen LogP contribution < -0.4 is 5.56 Å². The highest BCUT2D eigenvalue weighted by Gasteiger charge is 2.22. The summed E-state index contributed by atoms with van der Waals surface area (Å²) in [5, 5.41) is 6.57. The van der Waals surface area contributed by atoms with E-state index in [1.807, 2.05) is 13.0 Å². The molecule has 2 heterocycles. The lowest BCUT2D eigenvalue weighted by atomic mass is 9.98. The number of H-pyrrole nitrogens is 1. The molecule has 3 aromatic rings. The Morgan fingerprint density at radius 2 is 1.84 bits per heavy atom. The third kappa shape index (κ3) is 4.37. The minimum absolute atomic E-state index is 0.0138. The van der Waals surface area contributed by atoms with Crippen LogP contribution in [0.1, 0.15) is 44.7 Å². The maximum Gasteiger partial charge on any atom is 0.267 e. The molecule has 0 saturated heterocycles. The Labute approximate surface area is 184 Å². The van der Waals surface area contributed by atoms with Crippen molar-refractivity contribution in [3.63, 3.8) is 0 Å². The molecule has 1 N–H and O–H groups in total. The number of halogens is 2. The van der Waals surface area contributed by atoms with E-state index in [1.54, 1.807) is 36.1 Å². The van der Waals surface area contributed by atoms with E-state index in [-0.39, 0.29) is 22.8 Å². The van der Waals surface area contributed by atoms with Crippen LogP contribution in [0, 0.1) is 25.5 Å². The molecule has 0 spiro atoms. The molecule has 2 aromatic carbocycles. The van der Waals surface area contributed by atoms with E-state index in [9.17, 15) is 18.4 Å². The maximum atomic E-state index is 14.5. The van der Waals surface area contributed by atoms with Gasteiger partial charge in [0.05, 0.1) is 11.3 Å². The molecule has 0 atom stereocenters. The van der Waals surface area contributed by atoms with E-state index in [1.165, 1.54) is 18.2 Å². The molecule has 7 heteroatoms. The zero-order chi connectivity index (χ0) is 22.8. The summed E-state index contributed by atoms with van der Waals surface area (Å²) >= 11 is 0. The molecule has 0 unspecified atom stereocenters. The Balaban J connectivity index is 1.53. The monoisotopic (exact) mass is 435 g/mol. The average Bonchev–Trinajstić information content (AvgIpc) is 2.81. The number of aromatic nitrogens is 2. The molecule has 5 nitrogen and oxygen atoms in total. The van der Waals surface area contributed by atoms with Crippen molar-refractivity contribution in [1.82, 2.24) is 15.1 Å². The van der Waals surface area contributed by atoms with Gasteiger partial charge in [-0.1, -0.05) is 24.3 Å². The first kappa shape index (κ1) is 21.6. The predicted molar refractivity (Wildman–Crippen MR) is 118 cm³/mol. The highest BCUT2D eigenvalue weighted by molar-refractivity contribution is 5.95. The number of nitrogens with one attached hydrogen (secondary N) is 1. The number of benzene rings is 2. The lowest BCUT2D eigenvalue weighted by Gasteiger charge is -2.27. The Hall–Kier alpha value is -3.61. The second kappa shape index (κ2) is 8.86. The fraction of sp³-hybridized carbons (Fsp3) is 0.240. The smallest absolute Gasteiger partial charge is 0.267 e. The summed E-state index contributed by atoms with van der Waals surface area (Å²) in [6.45, 7) is 4.35. The molecule has 0 radical (unpaired) electrons. The quantitative estimate of drug-likeness (QED) is 0.669. The molecule has 0 fully saturated rings. The van der Waals surface area contributed by atoms with Crippen LogP contribution >= 0.6 is 0 Å². The molecule has 1 aliphatic rings. The summed E-state index contributed by atoms with van der Waals surface area (Å²) in [5.41, 5.74) is 4.52. The van der Waals surface area contributed by atoms with Gasteiger partial charge >= 0.3 is 0 Å². The summed E-state index contributed by atoms with van der Waals surface area (Å²) in [4.78, 5) is 26.3. The fourth-order valence-electron chi connectivity index (χ4n) is 3.83. The molecular weight excluding hydrogens is 412 g/mol. The van der Waals surface area contributed by atoms with Gasteiger partial charge in [0, 0.05) is 25.1 Å². The first-order valence-corrected chi connectivity index (χ1v) is 10.4. The molecule has 0 aliphatic carbocycles. The van der Waals surface area contributed by atoms with Crippen molar-refractivity contribution in [2.45, 2.75) is 26.7 Å². The third-order valence-electron chi connectivity index (χ3n) is 5.97. The molecule has 32 heavy (non-hydrogen) atoms. The van der Waals surface area contributed by atoms with Crippen molar-refractivity contribution in [1.29, 1.82) is 0 Å². The Morgan fingerprint density at radius 1 is 1.09 bits per heavy atom. The Kier molecular flexibility index (Phi) is 5.99. The van der Waals surface area contributed by atoms with E-state index < -0.39 is 5.82 Å². The number of amides is 1. The van der Waals surface area contributed by atoms with Crippen LogP contribution in [0.15, 0.2) is 53.3 Å². The van der Waals surface area contributed by atoms with Crippen molar-refractivity contribution >= 4 is 11.5 Å². The number of aromatic amines is 1. The van der Waals surface area contributed by atoms with Crippen molar-refractivity contribution in [3.8, 4) is 0 Å². The number of hydrogen-bond donors (Lipinski definition) is 1. The normalized spacial score (nSPS) is 13.8. The highest BCUT2D eigenvalue weighted by Crippen LogP contribution is 2.24. The van der Waals surface area contributed by atoms with E-state index in [0.29, 0.717) is 37.2 Å². The second-order valence-electron chi connectivity index (χ2n) is 7.98. The lowest BCUT2D eigenvalue weighted by molar-refractivity contribution is 0.0768. The molecule has 1 aromatic heterocycles. The molecule has 1 aliphatic heterocycles. The number of carbonyl (C=O) groups excluding carboxylic acids is 1. The number of rotatable bonds is 4. The summed E-state index contributed by atoms with van der Waals surface area (Å²) in [7, 11) is 0. The lowest BCUT2D eigenvalue weighted by Crippen LogP contribution is -2.35. The van der Waals surface area contributed by atoms with Crippen LogP contribution in [0.2, 0.25) is 0 Å². The van der Waals surface area contributed by atoms with E-state index >= 15 is 0 Å². The minimum Gasteiger partial charge on any atom is -0.334 e. The van der Waals surface area contributed by atoms with Gasteiger partial charge in [-0.05, 0) is 66.8 Å². The van der Waals surface area contributed by atoms with Gasteiger partial charge < -0.3 is 4.90 Å². The van der Waals surface area contributed by atoms with Crippen molar-refractivity contribution in [2.75, 3.05) is 13.1 Å². The number of hydrogen-bond acceptors (Lipinski definition) is 3. The van der Waals surface area contributed by atoms with E-state index in [0.717, 1.165) is 22.3 Å². The summed E-state index contributed by atoms with van der Waals surface area (Å²) < 4.78 is 27.7. The van der Waals surface area contributed by atoms with Crippen LogP contribution in [0.3, 0.4) is 0 Å². The summed E-state index contributed by atoms with van der Waals surface area (Å²) in [6, 6.07) is 10.7. The zero-order valence-corrected chi connectivity index (χ0v) is 17.9. The van der Waals surface area contributed by atoms with Crippen molar-refractivity contribution < 1.29 is 13.6 Å². The van der Waals surface area contributed by atoms with Gasteiger partial charge in [-0.25, -0.2) is 13.9 Å². The van der Waals surface area contributed by atoms with Gasteiger partial charge in [-0.3, -0.25) is 9.59 Å². The van der Waals surface area contributed by atoms with Gasteiger partial charge in [0.2, 0.25) is 0 Å². The minimum atomic E-state index is -0.575. The number of carbonyl (C=O) groups is 1. The Bertz CT molecular complexity index is 1260. The van der Waals surface area contributed by atoms with Gasteiger partial charge in [0.1, 0.15) is 11.6 Å². The standard InChI is InChI=1S/C25H23F2N3O2/c1-15-16(2)24(31)29-28-23(15)14-17-3-8-22(27)21(13-17)25(32)30-11-9-19(10-12-30)18-4-6-20(26)7-5-18/h3-9,13H,10-12,14H2,1-2H3,(H,29,31). The third-order valence-corrected chi connectivity index (χ3v) is 5.97. The highest BCUT2D eigenvalue weighted by atomic mass is 19.1. The molecule has 1 amide bonds. The van der Waals surface area contributed by atoms with Gasteiger partial charge in [-0.2, -0.15) is 5.10 Å². The summed E-state index contributed by atoms with van der Waals surface area (Å²) in [5.74, 6) is -1.24. The molecule has 0 bridgehead atoms. The molecular formula is C25H23F2N3O2. The van der Waals surface area contributed by atoms with Crippen LogP contribution in [0.25, 0.3) is 5.57 Å². The van der Waals surface area contributed by atoms with Gasteiger partial charge in [0.25, 0.3) is 11.5 Å². The van der Waals surface area contributed by atoms with Crippen LogP contribution in [-0.2, 0) is 6.42 Å². The van der Waals surface area contributed by atoms with Crippen LogP contribution in [0.4, 0.5) is 8.78 Å². The van der Waals surface area contributed by atoms with Gasteiger partial charge in [-0.15, -0.1) is 0 Å². The summed E-state index contributed by atoms with van der Waals surface area (Å²) in [6.07, 6.45) is 2.91. The van der Waals surface area contributed by atoms with E-state index in [4.69, 9.17) is 0 Å². The number of nitrogens with zero attached hydrogens (tertiary/aromatic N) is 2. The Morgan fingerprint density at radius 3 is 2.53 bits per heavy atom. The SMILES string of the molecule is Cc1c(Cc2ccc(F)c(C(=O)N3CC=C(c4ccc(F)cc4)CC3)c2)n[nH]c(=O)c1C. The average molecular weight is 435 g/mol. The molecule has 0 saturated carbocycles. The van der Waals surface area contributed by atoms with Crippen LogP contribution in [0.5, 0.6) is 0 Å². The predicted octanol–water partition coefficient (Wildman–Crippen LogP) is 4.19. The largest absolute Gasteiger partial charge is 0.334 e. The molecule has 164 valence electrons. The zero-order valence-electron chi connectivity index (χ0n) is 17.9. The van der Waals surface area contributed by atoms with Crippen LogP contribution in [-0.4, -0.2) is 34.1 Å². The van der Waals surface area contributed by atoms with Gasteiger partial charge in [0.15, 0.2) is 0 Å². The fourth-order valence-corrected chi connectivity index (χ4v) is 3.83. The second-order valence-corrected chi connectivity index (χ2v) is 7.98. The van der Waals surface area contributed by atoms with Crippen molar-refractivity contribution in [2.24, 2.45) is 0 Å². The van der Waals surface area contributed by atoms with Crippen molar-refractivity contribution in [3.05, 3.63) is 104 Å². The first-order chi connectivity index (χ1) is 15.3. The molecule has 4 rings (SSSR count). The van der Waals surface area contributed by atoms with E-state index in [2.05, 4.69) is 10.2 Å².